The number of carbonyl (C=O) groups is 4. The fraction of sp³-hybridized carbons (Fsp3) is 0.444. The van der Waals surface area contributed by atoms with E-state index >= 15 is 0 Å². The lowest BCUT2D eigenvalue weighted by Crippen LogP contribution is -2.54. The summed E-state index contributed by atoms with van der Waals surface area (Å²) in [6.07, 6.45) is 0.614. The average Bonchev–Trinajstić information content (AvgIpc) is 2.51. The van der Waals surface area contributed by atoms with Crippen LogP contribution in [0.25, 0.3) is 0 Å². The van der Waals surface area contributed by atoms with Gasteiger partial charge in [0.25, 0.3) is 0 Å². The van der Waals surface area contributed by atoms with E-state index in [4.69, 9.17) is 0 Å². The smallest absolute Gasteiger partial charge is 0.163 e. The highest BCUT2D eigenvalue weighted by Gasteiger charge is 2.54. The minimum Gasteiger partial charge on any atom is -0.298 e. The van der Waals surface area contributed by atoms with Crippen LogP contribution in [0.2, 0.25) is 0 Å². The molecule has 1 aromatic carbocycles. The zero-order valence-corrected chi connectivity index (χ0v) is 13.1. The Morgan fingerprint density at radius 3 is 2.23 bits per heavy atom. The molecule has 1 saturated carbocycles. The minimum absolute atomic E-state index is 0.128. The van der Waals surface area contributed by atoms with E-state index in [1.54, 1.807) is 0 Å². The number of hydrogen-bond donors (Lipinski definition) is 0. The second-order valence-electron chi connectivity index (χ2n) is 6.36. The van der Waals surface area contributed by atoms with Gasteiger partial charge in [-0.25, -0.2) is 0 Å². The van der Waals surface area contributed by atoms with Gasteiger partial charge in [-0.05, 0) is 32.8 Å². The summed E-state index contributed by atoms with van der Waals surface area (Å²) in [6.45, 7) is 4.48. The molecule has 1 fully saturated rings. The van der Waals surface area contributed by atoms with Crippen molar-refractivity contribution in [3.8, 4) is 0 Å². The maximum Gasteiger partial charge on any atom is 0.163 e. The van der Waals surface area contributed by atoms with Crippen molar-refractivity contribution in [1.29, 1.82) is 0 Å². The summed E-state index contributed by atoms with van der Waals surface area (Å²) in [5, 5.41) is 0. The zero-order chi connectivity index (χ0) is 16.5. The summed E-state index contributed by atoms with van der Waals surface area (Å²) in [5.41, 5.74) is -0.282. The third-order valence-electron chi connectivity index (χ3n) is 4.42. The van der Waals surface area contributed by atoms with Crippen molar-refractivity contribution >= 4 is 23.1 Å². The van der Waals surface area contributed by atoms with Gasteiger partial charge in [0.05, 0.1) is 11.3 Å². The van der Waals surface area contributed by atoms with Gasteiger partial charge in [0, 0.05) is 6.42 Å². The number of aryl methyl sites for hydroxylation is 1. The number of Topliss-reactive ketones (excluding diaryl/α,β-unsaturated/α-hetero) is 4. The highest BCUT2D eigenvalue weighted by atomic mass is 16.2. The number of ketones is 4. The van der Waals surface area contributed by atoms with Gasteiger partial charge in [-0.2, -0.15) is 0 Å². The molecule has 2 atom stereocenters. The Kier molecular flexibility index (Phi) is 4.40. The maximum atomic E-state index is 12.4. The van der Waals surface area contributed by atoms with Crippen molar-refractivity contribution in [1.82, 2.24) is 0 Å². The van der Waals surface area contributed by atoms with E-state index in [1.807, 2.05) is 30.3 Å². The lowest BCUT2D eigenvalue weighted by molar-refractivity contribution is -0.156. The zero-order valence-electron chi connectivity index (χ0n) is 13.1. The van der Waals surface area contributed by atoms with Gasteiger partial charge in [-0.15, -0.1) is 0 Å². The Morgan fingerprint density at radius 1 is 1.05 bits per heavy atom. The molecule has 2 rings (SSSR count). The summed E-state index contributed by atoms with van der Waals surface area (Å²) >= 11 is 0. The number of carbonyl (C=O) groups excluding carboxylic acids is 4. The van der Waals surface area contributed by atoms with E-state index in [0.717, 1.165) is 5.56 Å². The molecular formula is C18H20O4. The summed E-state index contributed by atoms with van der Waals surface area (Å²) in [6, 6.07) is 9.43. The Morgan fingerprint density at radius 2 is 1.64 bits per heavy atom. The van der Waals surface area contributed by atoms with E-state index in [9.17, 15) is 19.2 Å². The first-order valence-corrected chi connectivity index (χ1v) is 7.46. The van der Waals surface area contributed by atoms with Crippen molar-refractivity contribution in [2.24, 2.45) is 17.3 Å². The van der Waals surface area contributed by atoms with Crippen LogP contribution in [-0.2, 0) is 25.6 Å². The first-order chi connectivity index (χ1) is 10.3. The van der Waals surface area contributed by atoms with Crippen LogP contribution in [0, 0.1) is 17.3 Å². The molecule has 4 heteroatoms. The molecule has 1 aliphatic carbocycles. The van der Waals surface area contributed by atoms with Crippen LogP contribution < -0.4 is 0 Å². The third kappa shape index (κ3) is 2.78. The van der Waals surface area contributed by atoms with Gasteiger partial charge >= 0.3 is 0 Å². The molecule has 0 aliphatic heterocycles. The predicted octanol–water partition coefficient (Wildman–Crippen LogP) is 2.19. The highest BCUT2D eigenvalue weighted by molar-refractivity contribution is 6.33. The standard InChI is InChI=1S/C18H20O4/c1-11-15(20)14(17(22)18(2,3)16(11)21)13(19)10-9-12-7-5-4-6-8-12/h4-8,11,14H,9-10H2,1-3H3/t11-,14-/m0/s1. The van der Waals surface area contributed by atoms with Gasteiger partial charge < -0.3 is 0 Å². The minimum atomic E-state index is -1.29. The predicted molar refractivity (Wildman–Crippen MR) is 81.2 cm³/mol. The molecule has 4 nitrogen and oxygen atoms in total. The number of hydrogen-bond acceptors (Lipinski definition) is 4. The Hall–Kier alpha value is -2.10. The van der Waals surface area contributed by atoms with Crippen LogP contribution in [0.15, 0.2) is 30.3 Å². The van der Waals surface area contributed by atoms with Crippen molar-refractivity contribution in [3.63, 3.8) is 0 Å². The molecular weight excluding hydrogens is 280 g/mol. The van der Waals surface area contributed by atoms with Gasteiger partial charge in [0.2, 0.25) is 0 Å². The van der Waals surface area contributed by atoms with Gasteiger partial charge in [0.1, 0.15) is 5.92 Å². The molecule has 1 aliphatic rings. The molecule has 0 unspecified atom stereocenters. The molecule has 0 bridgehead atoms. The number of benzene rings is 1. The fourth-order valence-corrected chi connectivity index (χ4v) is 2.89. The SMILES string of the molecule is C[C@H]1C(=O)[C@H](C(=O)CCc2ccccc2)C(=O)C(C)(C)C1=O. The average molecular weight is 300 g/mol. The maximum absolute atomic E-state index is 12.4. The molecule has 0 amide bonds. The summed E-state index contributed by atoms with van der Waals surface area (Å²) in [7, 11) is 0. The summed E-state index contributed by atoms with van der Waals surface area (Å²) in [5.74, 6) is -4.06. The lowest BCUT2D eigenvalue weighted by atomic mass is 9.64. The fourth-order valence-electron chi connectivity index (χ4n) is 2.89. The Balaban J connectivity index is 2.16. The van der Waals surface area contributed by atoms with E-state index in [1.165, 1.54) is 20.8 Å². The van der Waals surface area contributed by atoms with E-state index < -0.39 is 34.6 Å². The summed E-state index contributed by atoms with van der Waals surface area (Å²) < 4.78 is 0. The second-order valence-corrected chi connectivity index (χ2v) is 6.36. The lowest BCUT2D eigenvalue weighted by Gasteiger charge is -2.34. The van der Waals surface area contributed by atoms with Crippen LogP contribution in [-0.4, -0.2) is 23.1 Å². The molecule has 0 heterocycles. The highest BCUT2D eigenvalue weighted by Crippen LogP contribution is 2.34. The summed E-state index contributed by atoms with van der Waals surface area (Å²) in [4.78, 5) is 49.1. The van der Waals surface area contributed by atoms with Crippen LogP contribution >= 0.6 is 0 Å². The first kappa shape index (κ1) is 16.3. The van der Waals surface area contributed by atoms with E-state index in [0.29, 0.717) is 6.42 Å². The quantitative estimate of drug-likeness (QED) is 0.799. The van der Waals surface area contributed by atoms with E-state index in [2.05, 4.69) is 0 Å². The first-order valence-electron chi connectivity index (χ1n) is 7.46. The topological polar surface area (TPSA) is 68.3 Å². The third-order valence-corrected chi connectivity index (χ3v) is 4.42. The van der Waals surface area contributed by atoms with Crippen molar-refractivity contribution < 1.29 is 19.2 Å². The molecule has 0 aromatic heterocycles. The van der Waals surface area contributed by atoms with E-state index in [-0.39, 0.29) is 12.2 Å². The van der Waals surface area contributed by atoms with Crippen LogP contribution in [0.4, 0.5) is 0 Å². The molecule has 0 spiro atoms. The molecule has 22 heavy (non-hydrogen) atoms. The molecule has 1 aromatic rings. The van der Waals surface area contributed by atoms with Crippen molar-refractivity contribution in [2.45, 2.75) is 33.6 Å². The van der Waals surface area contributed by atoms with Crippen molar-refractivity contribution in [3.05, 3.63) is 35.9 Å². The Labute approximate surface area is 129 Å². The van der Waals surface area contributed by atoms with Crippen LogP contribution in [0.1, 0.15) is 32.8 Å². The molecule has 116 valence electrons. The van der Waals surface area contributed by atoms with Crippen LogP contribution in [0.5, 0.6) is 0 Å². The second kappa shape index (κ2) is 5.95. The van der Waals surface area contributed by atoms with Gasteiger partial charge in [0.15, 0.2) is 23.1 Å². The van der Waals surface area contributed by atoms with Crippen LogP contribution in [0.3, 0.4) is 0 Å². The largest absolute Gasteiger partial charge is 0.298 e. The molecule has 0 radical (unpaired) electrons. The molecule has 0 N–H and O–H groups in total. The normalized spacial score (nSPS) is 24.4. The van der Waals surface area contributed by atoms with Gasteiger partial charge in [-0.3, -0.25) is 19.2 Å². The number of rotatable bonds is 4. The van der Waals surface area contributed by atoms with Crippen molar-refractivity contribution in [2.75, 3.05) is 0 Å². The molecule has 0 saturated heterocycles. The Bertz CT molecular complexity index is 628. The van der Waals surface area contributed by atoms with Gasteiger partial charge in [-0.1, -0.05) is 30.3 Å². The monoisotopic (exact) mass is 300 g/mol.